The van der Waals surface area contributed by atoms with Gasteiger partial charge in [0.15, 0.2) is 0 Å². The van der Waals surface area contributed by atoms with Gasteiger partial charge in [0.05, 0.1) is 0 Å². The lowest BCUT2D eigenvalue weighted by Crippen LogP contribution is -2.57. The van der Waals surface area contributed by atoms with Crippen LogP contribution in [-0.2, 0) is 4.79 Å². The lowest BCUT2D eigenvalue weighted by atomic mass is 10.1. The highest BCUT2D eigenvalue weighted by atomic mass is 35.5. The van der Waals surface area contributed by atoms with E-state index >= 15 is 0 Å². The van der Waals surface area contributed by atoms with Crippen molar-refractivity contribution < 1.29 is 9.59 Å². The Balaban J connectivity index is 0.00000288. The molecule has 134 valence electrons. The molecule has 2 N–H and O–H groups in total. The largest absolute Gasteiger partial charge is 0.352 e. The maximum absolute atomic E-state index is 12.3. The third-order valence-electron chi connectivity index (χ3n) is 4.31. The minimum atomic E-state index is -0.140. The minimum Gasteiger partial charge on any atom is -0.352 e. The van der Waals surface area contributed by atoms with Crippen molar-refractivity contribution in [3.63, 3.8) is 0 Å². The Morgan fingerprint density at radius 2 is 1.96 bits per heavy atom. The summed E-state index contributed by atoms with van der Waals surface area (Å²) in [4.78, 5) is 26.1. The summed E-state index contributed by atoms with van der Waals surface area (Å²) < 4.78 is 0. The van der Waals surface area contributed by atoms with Crippen molar-refractivity contribution in [3.8, 4) is 0 Å². The number of carbonyl (C=O) groups is 2. The Hall–Kier alpha value is -1.30. The van der Waals surface area contributed by atoms with E-state index in [1.165, 1.54) is 0 Å². The zero-order chi connectivity index (χ0) is 16.8. The fourth-order valence-corrected chi connectivity index (χ4v) is 2.82. The maximum Gasteiger partial charge on any atom is 0.251 e. The summed E-state index contributed by atoms with van der Waals surface area (Å²) >= 11 is 5.80. The van der Waals surface area contributed by atoms with E-state index in [0.717, 1.165) is 13.1 Å². The number of benzene rings is 1. The fraction of sp³-hybridized carbons (Fsp3) is 0.529. The van der Waals surface area contributed by atoms with E-state index in [9.17, 15) is 9.59 Å². The first-order chi connectivity index (χ1) is 11.0. The second kappa shape index (κ2) is 9.87. The van der Waals surface area contributed by atoms with Gasteiger partial charge in [-0.15, -0.1) is 12.4 Å². The quantitative estimate of drug-likeness (QED) is 0.779. The predicted octanol–water partition coefficient (Wildman–Crippen LogP) is 2.48. The lowest BCUT2D eigenvalue weighted by Gasteiger charge is -2.38. The van der Waals surface area contributed by atoms with Crippen LogP contribution in [0.5, 0.6) is 0 Å². The molecule has 2 rings (SSSR count). The van der Waals surface area contributed by atoms with Crippen molar-refractivity contribution in [2.24, 2.45) is 0 Å². The number of piperazine rings is 1. The van der Waals surface area contributed by atoms with E-state index in [1.54, 1.807) is 24.3 Å². The summed E-state index contributed by atoms with van der Waals surface area (Å²) in [5, 5.41) is 6.80. The normalized spacial score (nSPS) is 20.2. The van der Waals surface area contributed by atoms with Crippen LogP contribution in [0.15, 0.2) is 24.3 Å². The van der Waals surface area contributed by atoms with Gasteiger partial charge in [-0.25, -0.2) is 0 Å². The Morgan fingerprint density at radius 1 is 1.29 bits per heavy atom. The summed E-state index contributed by atoms with van der Waals surface area (Å²) in [5.74, 6) is 0.0184. The molecule has 0 spiro atoms. The van der Waals surface area contributed by atoms with Crippen LogP contribution in [0.3, 0.4) is 0 Å². The molecule has 2 atom stereocenters. The number of nitrogens with one attached hydrogen (secondary N) is 2. The van der Waals surface area contributed by atoms with Gasteiger partial charge in [0, 0.05) is 48.7 Å². The molecule has 24 heavy (non-hydrogen) atoms. The molecular weight excluding hydrogens is 349 g/mol. The van der Waals surface area contributed by atoms with Crippen LogP contribution in [-0.4, -0.2) is 48.4 Å². The molecule has 5 nitrogen and oxygen atoms in total. The van der Waals surface area contributed by atoms with Crippen LogP contribution in [0, 0.1) is 0 Å². The van der Waals surface area contributed by atoms with Gasteiger partial charge >= 0.3 is 0 Å². The molecule has 0 aromatic heterocycles. The van der Waals surface area contributed by atoms with E-state index in [0.29, 0.717) is 36.0 Å². The summed E-state index contributed by atoms with van der Waals surface area (Å²) in [5.41, 5.74) is 0.574. The van der Waals surface area contributed by atoms with E-state index in [4.69, 9.17) is 11.6 Å². The van der Waals surface area contributed by atoms with E-state index in [1.807, 2.05) is 4.90 Å². The lowest BCUT2D eigenvalue weighted by molar-refractivity contribution is -0.134. The molecule has 0 radical (unpaired) electrons. The summed E-state index contributed by atoms with van der Waals surface area (Å²) in [6.07, 6.45) is 1.10. The van der Waals surface area contributed by atoms with Crippen molar-refractivity contribution in [2.45, 2.75) is 38.8 Å². The van der Waals surface area contributed by atoms with Crippen molar-refractivity contribution in [1.29, 1.82) is 0 Å². The Kier molecular flexibility index (Phi) is 8.53. The molecule has 7 heteroatoms. The van der Waals surface area contributed by atoms with Gasteiger partial charge in [0.1, 0.15) is 0 Å². The van der Waals surface area contributed by atoms with Gasteiger partial charge in [-0.2, -0.15) is 0 Å². The average molecular weight is 374 g/mol. The van der Waals surface area contributed by atoms with Crippen LogP contribution in [0.25, 0.3) is 0 Å². The minimum absolute atomic E-state index is 0. The molecule has 1 heterocycles. The molecule has 1 fully saturated rings. The second-order valence-electron chi connectivity index (χ2n) is 5.94. The zero-order valence-electron chi connectivity index (χ0n) is 14.0. The van der Waals surface area contributed by atoms with Gasteiger partial charge in [0.25, 0.3) is 5.91 Å². The monoisotopic (exact) mass is 373 g/mol. The van der Waals surface area contributed by atoms with Gasteiger partial charge in [-0.1, -0.05) is 11.6 Å². The zero-order valence-corrected chi connectivity index (χ0v) is 15.6. The Labute approximate surface area is 154 Å². The smallest absolute Gasteiger partial charge is 0.251 e. The molecule has 2 unspecified atom stereocenters. The number of halogens is 2. The number of rotatable bonds is 5. The fourth-order valence-electron chi connectivity index (χ4n) is 2.70. The van der Waals surface area contributed by atoms with Crippen LogP contribution >= 0.6 is 24.0 Å². The number of nitrogens with zero attached hydrogens (tertiary/aromatic N) is 1. The first-order valence-corrected chi connectivity index (χ1v) is 8.43. The molecule has 1 aromatic rings. The Morgan fingerprint density at radius 3 is 2.62 bits per heavy atom. The molecule has 0 aliphatic carbocycles. The number of hydrogen-bond acceptors (Lipinski definition) is 3. The molecule has 2 amide bonds. The first-order valence-electron chi connectivity index (χ1n) is 8.05. The van der Waals surface area contributed by atoms with Crippen LogP contribution in [0.1, 0.15) is 37.0 Å². The predicted molar refractivity (Wildman–Crippen MR) is 98.9 cm³/mol. The highest BCUT2D eigenvalue weighted by molar-refractivity contribution is 6.30. The summed E-state index contributed by atoms with van der Waals surface area (Å²) in [6.45, 7) is 6.24. The third kappa shape index (κ3) is 5.65. The van der Waals surface area contributed by atoms with Crippen LogP contribution < -0.4 is 10.6 Å². The summed E-state index contributed by atoms with van der Waals surface area (Å²) in [6, 6.07) is 7.27. The third-order valence-corrected chi connectivity index (χ3v) is 4.57. The highest BCUT2D eigenvalue weighted by Crippen LogP contribution is 2.11. The summed E-state index contributed by atoms with van der Waals surface area (Å²) in [7, 11) is 0. The number of amides is 2. The maximum atomic E-state index is 12.3. The van der Waals surface area contributed by atoms with Crippen LogP contribution in [0.2, 0.25) is 5.02 Å². The average Bonchev–Trinajstić information content (AvgIpc) is 2.54. The van der Waals surface area contributed by atoms with Crippen molar-refractivity contribution in [2.75, 3.05) is 19.6 Å². The van der Waals surface area contributed by atoms with E-state index in [-0.39, 0.29) is 30.3 Å². The second-order valence-corrected chi connectivity index (χ2v) is 6.37. The standard InChI is InChI=1S/C17H24ClN3O2.ClH/c1-12-13(2)21(11-10-19-12)16(22)4-3-9-20-17(23)14-5-7-15(18)8-6-14;/h5-8,12-13,19H,3-4,9-11H2,1-2H3,(H,20,23);1H. The molecule has 1 saturated heterocycles. The van der Waals surface area contributed by atoms with Crippen molar-refractivity contribution in [3.05, 3.63) is 34.9 Å². The van der Waals surface area contributed by atoms with Crippen molar-refractivity contribution >= 4 is 35.8 Å². The molecule has 1 aliphatic heterocycles. The molecule has 0 saturated carbocycles. The SMILES string of the molecule is CC1NCCN(C(=O)CCCNC(=O)c2ccc(Cl)cc2)C1C.Cl. The topological polar surface area (TPSA) is 61.4 Å². The molecule has 0 bridgehead atoms. The molecule has 1 aromatic carbocycles. The van der Waals surface area contributed by atoms with Gasteiger partial charge in [-0.05, 0) is 44.5 Å². The van der Waals surface area contributed by atoms with Gasteiger partial charge < -0.3 is 15.5 Å². The highest BCUT2D eigenvalue weighted by Gasteiger charge is 2.27. The van der Waals surface area contributed by atoms with Gasteiger partial charge in [0.2, 0.25) is 5.91 Å². The van der Waals surface area contributed by atoms with Gasteiger partial charge in [-0.3, -0.25) is 9.59 Å². The van der Waals surface area contributed by atoms with Crippen molar-refractivity contribution in [1.82, 2.24) is 15.5 Å². The molecular formula is C17H25Cl2N3O2. The first kappa shape index (κ1) is 20.7. The Bertz CT molecular complexity index is 551. The van der Waals surface area contributed by atoms with E-state index < -0.39 is 0 Å². The van der Waals surface area contributed by atoms with E-state index in [2.05, 4.69) is 24.5 Å². The number of carbonyl (C=O) groups excluding carboxylic acids is 2. The van der Waals surface area contributed by atoms with Crippen LogP contribution in [0.4, 0.5) is 0 Å². The molecule has 1 aliphatic rings. The number of hydrogen-bond donors (Lipinski definition) is 2.